The molecule has 0 saturated carbocycles. The van der Waals surface area contributed by atoms with E-state index in [0.29, 0.717) is 11.3 Å². The monoisotopic (exact) mass is 341 g/mol. The van der Waals surface area contributed by atoms with Crippen molar-refractivity contribution in [1.82, 2.24) is 5.32 Å². The van der Waals surface area contributed by atoms with Gasteiger partial charge in [0.15, 0.2) is 6.04 Å². The number of carbonyl (C=O) groups is 2. The zero-order valence-electron chi connectivity index (χ0n) is 13.6. The molecule has 3 N–H and O–H groups in total. The average molecular weight is 341 g/mol. The number of methoxy groups -OCH3 is 1. The van der Waals surface area contributed by atoms with Crippen LogP contribution in [0, 0.1) is 0 Å². The topological polar surface area (TPSA) is 95.9 Å². The normalized spacial score (nSPS) is 13.2. The lowest BCUT2D eigenvalue weighted by molar-refractivity contribution is -0.144. The first-order valence-corrected chi connectivity index (χ1v) is 7.59. The fraction of sp³-hybridized carbons (Fsp3) is 0.158. The number of carboxylic acids is 1. The Kier molecular flexibility index (Phi) is 6.31. The van der Waals surface area contributed by atoms with Gasteiger partial charge in [-0.3, -0.25) is 4.79 Å². The Labute approximate surface area is 145 Å². The molecule has 0 bridgehead atoms. The van der Waals surface area contributed by atoms with Gasteiger partial charge in [0.1, 0.15) is 11.9 Å². The van der Waals surface area contributed by atoms with E-state index in [1.807, 2.05) is 30.3 Å². The molecule has 2 unspecified atom stereocenters. The molecule has 0 aliphatic carbocycles. The van der Waals surface area contributed by atoms with E-state index >= 15 is 0 Å². The number of aliphatic hydroxyl groups is 1. The summed E-state index contributed by atoms with van der Waals surface area (Å²) in [6, 6.07) is 14.0. The van der Waals surface area contributed by atoms with Crippen LogP contribution >= 0.6 is 0 Å². The molecule has 0 spiro atoms. The van der Waals surface area contributed by atoms with E-state index in [2.05, 4.69) is 5.32 Å². The van der Waals surface area contributed by atoms with E-state index in [4.69, 9.17) is 4.74 Å². The van der Waals surface area contributed by atoms with Gasteiger partial charge >= 0.3 is 5.97 Å². The number of hydrogen-bond donors (Lipinski definition) is 3. The molecular formula is C19H19NO5. The predicted molar refractivity (Wildman–Crippen MR) is 93.0 cm³/mol. The maximum atomic E-state index is 12.0. The Morgan fingerprint density at radius 3 is 2.28 bits per heavy atom. The molecular weight excluding hydrogens is 322 g/mol. The van der Waals surface area contributed by atoms with Crippen LogP contribution in [0.3, 0.4) is 0 Å². The third kappa shape index (κ3) is 5.19. The Morgan fingerprint density at radius 2 is 1.72 bits per heavy atom. The van der Waals surface area contributed by atoms with Crippen LogP contribution < -0.4 is 10.1 Å². The lowest BCUT2D eigenvalue weighted by Crippen LogP contribution is -2.44. The van der Waals surface area contributed by atoms with E-state index in [-0.39, 0.29) is 0 Å². The Morgan fingerprint density at radius 1 is 1.08 bits per heavy atom. The fourth-order valence-electron chi connectivity index (χ4n) is 2.21. The van der Waals surface area contributed by atoms with Crippen LogP contribution in [0.2, 0.25) is 0 Å². The summed E-state index contributed by atoms with van der Waals surface area (Å²) in [7, 11) is 1.50. The zero-order chi connectivity index (χ0) is 18.2. The van der Waals surface area contributed by atoms with Crippen molar-refractivity contribution in [3.63, 3.8) is 0 Å². The van der Waals surface area contributed by atoms with Gasteiger partial charge in [-0.05, 0) is 29.3 Å². The van der Waals surface area contributed by atoms with Crippen LogP contribution in [-0.2, 0) is 9.59 Å². The van der Waals surface area contributed by atoms with Gasteiger partial charge in [0.25, 0.3) is 0 Å². The van der Waals surface area contributed by atoms with E-state index in [1.54, 1.807) is 30.3 Å². The van der Waals surface area contributed by atoms with Crippen LogP contribution in [0.1, 0.15) is 17.2 Å². The molecule has 1 amide bonds. The highest BCUT2D eigenvalue weighted by Gasteiger charge is 2.28. The van der Waals surface area contributed by atoms with Crippen LogP contribution in [-0.4, -0.2) is 35.2 Å². The summed E-state index contributed by atoms with van der Waals surface area (Å²) in [6.07, 6.45) is 1.40. The molecule has 0 aromatic heterocycles. The quantitative estimate of drug-likeness (QED) is 0.670. The van der Waals surface area contributed by atoms with Crippen molar-refractivity contribution in [1.29, 1.82) is 0 Å². The minimum Gasteiger partial charge on any atom is -0.497 e. The molecule has 0 fully saturated rings. The van der Waals surface area contributed by atoms with E-state index < -0.39 is 24.0 Å². The number of aliphatic carboxylic acids is 1. The molecule has 0 heterocycles. The van der Waals surface area contributed by atoms with Gasteiger partial charge in [0, 0.05) is 6.08 Å². The van der Waals surface area contributed by atoms with Crippen molar-refractivity contribution < 1.29 is 24.5 Å². The maximum Gasteiger partial charge on any atom is 0.329 e. The molecule has 6 heteroatoms. The molecule has 0 aliphatic heterocycles. The molecule has 2 aromatic carbocycles. The fourth-order valence-corrected chi connectivity index (χ4v) is 2.21. The second kappa shape index (κ2) is 8.65. The molecule has 0 radical (unpaired) electrons. The first kappa shape index (κ1) is 18.2. The summed E-state index contributed by atoms with van der Waals surface area (Å²) in [6.45, 7) is 0. The SMILES string of the molecule is COc1ccc(C(O)C(NC(=O)/C=C/c2ccccc2)C(=O)O)cc1. The van der Waals surface area contributed by atoms with Crippen molar-refractivity contribution in [3.05, 3.63) is 71.8 Å². The summed E-state index contributed by atoms with van der Waals surface area (Å²) in [5.41, 5.74) is 1.17. The number of hydrogen-bond acceptors (Lipinski definition) is 4. The number of nitrogens with one attached hydrogen (secondary N) is 1. The van der Waals surface area contributed by atoms with Crippen LogP contribution in [0.4, 0.5) is 0 Å². The van der Waals surface area contributed by atoms with Gasteiger partial charge in [-0.15, -0.1) is 0 Å². The van der Waals surface area contributed by atoms with Crippen molar-refractivity contribution in [2.45, 2.75) is 12.1 Å². The van der Waals surface area contributed by atoms with Gasteiger partial charge in [-0.1, -0.05) is 42.5 Å². The highest BCUT2D eigenvalue weighted by Crippen LogP contribution is 2.20. The highest BCUT2D eigenvalue weighted by molar-refractivity contribution is 5.94. The van der Waals surface area contributed by atoms with Gasteiger partial charge in [0.05, 0.1) is 7.11 Å². The number of carboxylic acid groups (broad SMARTS) is 1. The van der Waals surface area contributed by atoms with Crippen LogP contribution in [0.15, 0.2) is 60.7 Å². The Bertz CT molecular complexity index is 740. The number of benzene rings is 2. The first-order chi connectivity index (χ1) is 12.0. The van der Waals surface area contributed by atoms with Gasteiger partial charge < -0.3 is 20.3 Å². The number of amides is 1. The molecule has 130 valence electrons. The molecule has 0 aliphatic rings. The van der Waals surface area contributed by atoms with Crippen molar-refractivity contribution >= 4 is 18.0 Å². The van der Waals surface area contributed by atoms with Crippen molar-refractivity contribution in [2.75, 3.05) is 7.11 Å². The van der Waals surface area contributed by atoms with Gasteiger partial charge in [-0.2, -0.15) is 0 Å². The summed E-state index contributed by atoms with van der Waals surface area (Å²) in [4.78, 5) is 23.4. The summed E-state index contributed by atoms with van der Waals surface area (Å²) in [5.74, 6) is -1.36. The summed E-state index contributed by atoms with van der Waals surface area (Å²) >= 11 is 0. The zero-order valence-corrected chi connectivity index (χ0v) is 13.6. The number of rotatable bonds is 7. The van der Waals surface area contributed by atoms with Gasteiger partial charge in [0.2, 0.25) is 5.91 Å². The average Bonchev–Trinajstić information content (AvgIpc) is 2.64. The predicted octanol–water partition coefficient (Wildman–Crippen LogP) is 2.01. The summed E-state index contributed by atoms with van der Waals surface area (Å²) in [5, 5.41) is 21.9. The standard InChI is InChI=1S/C19H19NO5/c1-25-15-10-8-14(9-11-15)18(22)17(19(23)24)20-16(21)12-7-13-5-3-2-4-6-13/h2-12,17-18,22H,1H3,(H,20,21)(H,23,24)/b12-7+. The first-order valence-electron chi connectivity index (χ1n) is 7.59. The van der Waals surface area contributed by atoms with E-state index in [1.165, 1.54) is 13.2 Å². The number of aliphatic hydroxyl groups excluding tert-OH is 1. The van der Waals surface area contributed by atoms with Gasteiger partial charge in [-0.25, -0.2) is 4.79 Å². The smallest absolute Gasteiger partial charge is 0.329 e. The molecule has 6 nitrogen and oxygen atoms in total. The second-order valence-electron chi connectivity index (χ2n) is 5.29. The van der Waals surface area contributed by atoms with Crippen molar-refractivity contribution in [2.24, 2.45) is 0 Å². The maximum absolute atomic E-state index is 12.0. The molecule has 25 heavy (non-hydrogen) atoms. The molecule has 2 atom stereocenters. The Hall–Kier alpha value is -3.12. The molecule has 2 rings (SSSR count). The van der Waals surface area contributed by atoms with Crippen LogP contribution in [0.5, 0.6) is 5.75 Å². The lowest BCUT2D eigenvalue weighted by atomic mass is 10.0. The number of ether oxygens (including phenoxy) is 1. The minimum absolute atomic E-state index is 0.362. The Balaban J connectivity index is 2.07. The third-order valence-corrected chi connectivity index (χ3v) is 3.56. The van der Waals surface area contributed by atoms with Crippen molar-refractivity contribution in [3.8, 4) is 5.75 Å². The number of carbonyl (C=O) groups excluding carboxylic acids is 1. The second-order valence-corrected chi connectivity index (χ2v) is 5.29. The molecule has 0 saturated heterocycles. The van der Waals surface area contributed by atoms with Crippen LogP contribution in [0.25, 0.3) is 6.08 Å². The highest BCUT2D eigenvalue weighted by atomic mass is 16.5. The molecule has 2 aromatic rings. The minimum atomic E-state index is -1.47. The van der Waals surface area contributed by atoms with E-state index in [9.17, 15) is 19.8 Å². The summed E-state index contributed by atoms with van der Waals surface area (Å²) < 4.78 is 5.02. The largest absolute Gasteiger partial charge is 0.497 e. The third-order valence-electron chi connectivity index (χ3n) is 3.56. The lowest BCUT2D eigenvalue weighted by Gasteiger charge is -2.20. The van der Waals surface area contributed by atoms with E-state index in [0.717, 1.165) is 5.56 Å².